The third-order valence-corrected chi connectivity index (χ3v) is 5.13. The molecule has 1 heterocycles. The van der Waals surface area contributed by atoms with Gasteiger partial charge in [-0.05, 0) is 19.1 Å². The van der Waals surface area contributed by atoms with E-state index in [-0.39, 0.29) is 22.2 Å². The van der Waals surface area contributed by atoms with Gasteiger partial charge in [-0.2, -0.15) is 5.26 Å². The minimum Gasteiger partial charge on any atom is -0.322 e. The van der Waals surface area contributed by atoms with Crippen molar-refractivity contribution in [2.75, 3.05) is 0 Å². The minimum absolute atomic E-state index is 0.0935. The van der Waals surface area contributed by atoms with Crippen LogP contribution in [0.2, 0.25) is 5.02 Å². The molecule has 0 aliphatic rings. The molecule has 1 amide bonds. The number of alkyl halides is 2. The molecule has 26 heavy (non-hydrogen) atoms. The first kappa shape index (κ1) is 19.8. The molecule has 0 radical (unpaired) electrons. The van der Waals surface area contributed by atoms with Crippen molar-refractivity contribution in [1.82, 2.24) is 14.3 Å². The molecular weight excluding hydrogens is 390 g/mol. The Morgan fingerprint density at radius 2 is 2.08 bits per heavy atom. The Morgan fingerprint density at radius 1 is 1.42 bits per heavy atom. The molecule has 11 heteroatoms. The van der Waals surface area contributed by atoms with Crippen LogP contribution in [0.15, 0.2) is 35.5 Å². The van der Waals surface area contributed by atoms with Crippen LogP contribution in [0, 0.1) is 11.3 Å². The van der Waals surface area contributed by atoms with E-state index >= 15 is 0 Å². The summed E-state index contributed by atoms with van der Waals surface area (Å²) >= 11 is 5.81. The molecule has 2 rings (SSSR count). The number of carbonyl (C=O) groups excluding carboxylic acids is 1. The highest BCUT2D eigenvalue weighted by Crippen LogP contribution is 2.21. The molecule has 0 atom stereocenters. The topological polar surface area (TPSA) is 105 Å². The number of hydrogen-bond donors (Lipinski definition) is 1. The molecular formula is C15H13ClF2N4O3S. The number of nitriles is 1. The number of halogens is 3. The normalized spacial score (nSPS) is 11.8. The van der Waals surface area contributed by atoms with Crippen LogP contribution in [-0.2, 0) is 16.6 Å². The summed E-state index contributed by atoms with van der Waals surface area (Å²) in [5.41, 5.74) is -0.802. The predicted molar refractivity (Wildman–Crippen MR) is 88.3 cm³/mol. The van der Waals surface area contributed by atoms with Crippen molar-refractivity contribution >= 4 is 27.5 Å². The molecule has 1 aromatic carbocycles. The first-order chi connectivity index (χ1) is 12.0. The number of nitrogens with one attached hydrogen (secondary N) is 1. The summed E-state index contributed by atoms with van der Waals surface area (Å²) < 4.78 is 53.3. The average molecular weight is 403 g/mol. The van der Waals surface area contributed by atoms with Crippen molar-refractivity contribution in [3.63, 3.8) is 0 Å². The second-order valence-corrected chi connectivity index (χ2v) is 7.49. The smallest absolute Gasteiger partial charge is 0.286 e. The quantitative estimate of drug-likeness (QED) is 0.799. The van der Waals surface area contributed by atoms with Gasteiger partial charge in [-0.15, -0.1) is 0 Å². The number of aryl methyl sites for hydroxylation is 1. The van der Waals surface area contributed by atoms with Gasteiger partial charge >= 0.3 is 0 Å². The average Bonchev–Trinajstić information content (AvgIpc) is 2.95. The zero-order valence-electron chi connectivity index (χ0n) is 13.4. The number of rotatable bonds is 6. The SMILES string of the molecule is CC(F)(F)CCn1cnc(C(=O)NS(=O)(=O)c2ccccc2Cl)c1C#N. The van der Waals surface area contributed by atoms with Gasteiger partial charge in [0.15, 0.2) is 11.4 Å². The second kappa shape index (κ2) is 7.39. The van der Waals surface area contributed by atoms with Gasteiger partial charge in [0.25, 0.3) is 15.9 Å². The van der Waals surface area contributed by atoms with Gasteiger partial charge in [0.2, 0.25) is 5.92 Å². The number of nitrogens with zero attached hydrogens (tertiary/aromatic N) is 3. The Balaban J connectivity index is 2.27. The number of hydrogen-bond acceptors (Lipinski definition) is 5. The lowest BCUT2D eigenvalue weighted by Gasteiger charge is -2.10. The molecule has 0 bridgehead atoms. The summed E-state index contributed by atoms with van der Waals surface area (Å²) in [7, 11) is -4.30. The fourth-order valence-electron chi connectivity index (χ4n) is 2.04. The molecule has 138 valence electrons. The largest absolute Gasteiger partial charge is 0.322 e. The van der Waals surface area contributed by atoms with Crippen LogP contribution in [0.3, 0.4) is 0 Å². The molecule has 7 nitrogen and oxygen atoms in total. The Labute approximate surface area is 153 Å². The fraction of sp³-hybridized carbons (Fsp3) is 0.267. The monoisotopic (exact) mass is 402 g/mol. The van der Waals surface area contributed by atoms with Crippen LogP contribution >= 0.6 is 11.6 Å². The first-order valence-corrected chi connectivity index (χ1v) is 9.06. The second-order valence-electron chi connectivity index (χ2n) is 5.43. The van der Waals surface area contributed by atoms with Crippen LogP contribution in [0.25, 0.3) is 0 Å². The summed E-state index contributed by atoms with van der Waals surface area (Å²) in [6, 6.07) is 7.14. The van der Waals surface area contributed by atoms with Crippen LogP contribution in [0.5, 0.6) is 0 Å². The summed E-state index contributed by atoms with van der Waals surface area (Å²) in [4.78, 5) is 15.6. The maximum Gasteiger partial charge on any atom is 0.286 e. The highest BCUT2D eigenvalue weighted by Gasteiger charge is 2.27. The van der Waals surface area contributed by atoms with Gasteiger partial charge in [0.1, 0.15) is 11.0 Å². The van der Waals surface area contributed by atoms with E-state index in [2.05, 4.69) is 4.98 Å². The third-order valence-electron chi connectivity index (χ3n) is 3.30. The molecule has 0 aliphatic heterocycles. The zero-order valence-corrected chi connectivity index (χ0v) is 15.0. The Bertz CT molecular complexity index is 978. The number of carbonyl (C=O) groups is 1. The molecule has 0 saturated carbocycles. The van der Waals surface area contributed by atoms with E-state index in [4.69, 9.17) is 11.6 Å². The first-order valence-electron chi connectivity index (χ1n) is 7.20. The van der Waals surface area contributed by atoms with Gasteiger partial charge in [0, 0.05) is 13.0 Å². The standard InChI is InChI=1S/C15H13ClF2N4O3S/c1-15(17,18)6-7-22-9-20-13(11(22)8-19)14(23)21-26(24,25)12-5-3-2-4-10(12)16/h2-5,9H,6-7H2,1H3,(H,21,23). The zero-order chi connectivity index (χ0) is 19.5. The number of amides is 1. The lowest BCUT2D eigenvalue weighted by molar-refractivity contribution is 0.00864. The summed E-state index contributed by atoms with van der Waals surface area (Å²) in [5, 5.41) is 9.08. The van der Waals surface area contributed by atoms with Gasteiger partial charge in [-0.25, -0.2) is 26.9 Å². The van der Waals surface area contributed by atoms with Gasteiger partial charge in [-0.3, -0.25) is 4.79 Å². The van der Waals surface area contributed by atoms with Crippen molar-refractivity contribution in [2.24, 2.45) is 0 Å². The number of aromatic nitrogens is 2. The van der Waals surface area contributed by atoms with E-state index in [0.29, 0.717) is 0 Å². The van der Waals surface area contributed by atoms with Crippen molar-refractivity contribution in [2.45, 2.75) is 30.7 Å². The van der Waals surface area contributed by atoms with Gasteiger partial charge in [-0.1, -0.05) is 23.7 Å². The van der Waals surface area contributed by atoms with Gasteiger partial charge in [0.05, 0.1) is 11.3 Å². The summed E-state index contributed by atoms with van der Waals surface area (Å²) in [6.07, 6.45) is 0.457. The molecule has 0 unspecified atom stereocenters. The van der Waals surface area contributed by atoms with E-state index in [1.54, 1.807) is 10.8 Å². The Kier molecular flexibility index (Phi) is 5.63. The van der Waals surface area contributed by atoms with Crippen LogP contribution < -0.4 is 4.72 Å². The predicted octanol–water partition coefficient (Wildman–Crippen LogP) is 2.57. The van der Waals surface area contributed by atoms with Crippen molar-refractivity contribution in [1.29, 1.82) is 5.26 Å². The number of benzene rings is 1. The van der Waals surface area contributed by atoms with E-state index in [9.17, 15) is 27.3 Å². The van der Waals surface area contributed by atoms with Gasteiger partial charge < -0.3 is 4.57 Å². The van der Waals surface area contributed by atoms with Crippen LogP contribution in [-0.4, -0.2) is 29.8 Å². The van der Waals surface area contributed by atoms with Crippen LogP contribution in [0.4, 0.5) is 8.78 Å². The fourth-order valence-corrected chi connectivity index (χ4v) is 3.51. The van der Waals surface area contributed by atoms with Crippen molar-refractivity contribution in [3.8, 4) is 6.07 Å². The minimum atomic E-state index is -4.30. The highest BCUT2D eigenvalue weighted by atomic mass is 35.5. The van der Waals surface area contributed by atoms with E-state index < -0.39 is 34.0 Å². The van der Waals surface area contributed by atoms with Crippen molar-refractivity contribution < 1.29 is 22.0 Å². The summed E-state index contributed by atoms with van der Waals surface area (Å²) in [6.45, 7) is 0.462. The lowest BCUT2D eigenvalue weighted by atomic mass is 10.2. The van der Waals surface area contributed by atoms with Crippen molar-refractivity contribution in [3.05, 3.63) is 47.0 Å². The molecule has 0 spiro atoms. The molecule has 2 aromatic rings. The molecule has 0 fully saturated rings. The maximum atomic E-state index is 13.0. The molecule has 1 aromatic heterocycles. The van der Waals surface area contributed by atoms with Crippen LogP contribution in [0.1, 0.15) is 29.5 Å². The van der Waals surface area contributed by atoms with E-state index in [1.165, 1.54) is 24.3 Å². The maximum absolute atomic E-state index is 13.0. The van der Waals surface area contributed by atoms with E-state index in [0.717, 1.165) is 17.8 Å². The molecule has 0 saturated heterocycles. The lowest BCUT2D eigenvalue weighted by Crippen LogP contribution is -2.31. The third kappa shape index (κ3) is 4.56. The molecule has 1 N–H and O–H groups in total. The number of imidazole rings is 1. The summed E-state index contributed by atoms with van der Waals surface area (Å²) in [5.74, 6) is -4.13. The highest BCUT2D eigenvalue weighted by molar-refractivity contribution is 7.90. The Morgan fingerprint density at radius 3 is 2.65 bits per heavy atom. The Hall–Kier alpha value is -2.51. The molecule has 0 aliphatic carbocycles. The van der Waals surface area contributed by atoms with E-state index in [1.807, 2.05) is 0 Å². The number of sulfonamides is 1.